The molecule has 1 aromatic rings. The molecule has 0 aromatic heterocycles. The van der Waals surface area contributed by atoms with Crippen molar-refractivity contribution in [2.24, 2.45) is 0 Å². The Kier molecular flexibility index (Phi) is 5.00. The van der Waals surface area contributed by atoms with Crippen LogP contribution in [0.4, 0.5) is 0 Å². The highest BCUT2D eigenvalue weighted by molar-refractivity contribution is 6.00. The Hall–Kier alpha value is -2.41. The summed E-state index contributed by atoms with van der Waals surface area (Å²) in [6.07, 6.45) is 0. The maximum absolute atomic E-state index is 12.6. The molecule has 0 unspecified atom stereocenters. The molecule has 7 heteroatoms. The Morgan fingerprint density at radius 2 is 1.77 bits per heavy atom. The third kappa shape index (κ3) is 3.31. The van der Waals surface area contributed by atoms with E-state index in [1.165, 1.54) is 7.11 Å². The van der Waals surface area contributed by atoms with Gasteiger partial charge in [0.1, 0.15) is 12.1 Å². The van der Waals surface area contributed by atoms with Crippen molar-refractivity contribution in [1.29, 1.82) is 0 Å². The van der Waals surface area contributed by atoms with Gasteiger partial charge in [-0.1, -0.05) is 18.2 Å². The van der Waals surface area contributed by atoms with Crippen LogP contribution < -0.4 is 0 Å². The van der Waals surface area contributed by atoms with Crippen LogP contribution >= 0.6 is 0 Å². The Morgan fingerprint density at radius 1 is 1.12 bits per heavy atom. The topological polar surface area (TPSA) is 70.2 Å². The van der Waals surface area contributed by atoms with E-state index in [0.717, 1.165) is 5.56 Å². The molecular weight excluding hydrogens is 334 g/mol. The number of piperazine rings is 1. The first-order valence-corrected chi connectivity index (χ1v) is 8.83. The van der Waals surface area contributed by atoms with Crippen LogP contribution in [-0.2, 0) is 20.9 Å². The van der Waals surface area contributed by atoms with Gasteiger partial charge in [-0.3, -0.25) is 19.3 Å². The maximum Gasteiger partial charge on any atom is 0.325 e. The van der Waals surface area contributed by atoms with E-state index in [2.05, 4.69) is 0 Å². The van der Waals surface area contributed by atoms with E-state index in [4.69, 9.17) is 4.74 Å². The maximum atomic E-state index is 12.6. The molecule has 2 amide bonds. The van der Waals surface area contributed by atoms with Crippen LogP contribution in [0.3, 0.4) is 0 Å². The zero-order valence-corrected chi connectivity index (χ0v) is 15.5. The number of nitrogens with zero attached hydrogens (tertiary/aromatic N) is 3. The Bertz CT molecular complexity index is 723. The van der Waals surface area contributed by atoms with Gasteiger partial charge in [0.05, 0.1) is 7.11 Å². The van der Waals surface area contributed by atoms with Crippen molar-refractivity contribution < 1.29 is 19.1 Å². The molecule has 0 atom stereocenters. The van der Waals surface area contributed by atoms with Gasteiger partial charge in [0, 0.05) is 38.3 Å². The molecule has 0 N–H and O–H groups in total. The summed E-state index contributed by atoms with van der Waals surface area (Å²) in [6.45, 7) is 6.50. The van der Waals surface area contributed by atoms with Crippen molar-refractivity contribution >= 4 is 17.8 Å². The van der Waals surface area contributed by atoms with E-state index < -0.39 is 5.54 Å². The Balaban J connectivity index is 1.55. The van der Waals surface area contributed by atoms with Crippen LogP contribution in [0.15, 0.2) is 24.3 Å². The molecule has 0 saturated carbocycles. The van der Waals surface area contributed by atoms with E-state index in [0.29, 0.717) is 38.3 Å². The largest absolute Gasteiger partial charge is 0.468 e. The normalized spacial score (nSPS) is 18.0. The predicted octanol–water partition coefficient (Wildman–Crippen LogP) is 0.738. The standard InChI is InChI=1S/C19H25N3O4/c1-19(2,18(25)26-3)22-10-8-20(9-11-22)16(23)13-21-12-14-6-4-5-7-15(14)17(21)24/h4-7H,8-13H2,1-3H3. The van der Waals surface area contributed by atoms with Crippen LogP contribution in [0, 0.1) is 0 Å². The number of carbonyl (C=O) groups excluding carboxylic acids is 3. The number of ether oxygens (including phenoxy) is 1. The average molecular weight is 359 g/mol. The lowest BCUT2D eigenvalue weighted by Gasteiger charge is -2.42. The van der Waals surface area contributed by atoms with Gasteiger partial charge in [-0.15, -0.1) is 0 Å². The fourth-order valence-corrected chi connectivity index (χ4v) is 3.60. The summed E-state index contributed by atoms with van der Waals surface area (Å²) >= 11 is 0. The second-order valence-corrected chi connectivity index (χ2v) is 7.24. The quantitative estimate of drug-likeness (QED) is 0.742. The number of fused-ring (bicyclic) bond motifs is 1. The summed E-state index contributed by atoms with van der Waals surface area (Å²) in [5.41, 5.74) is 0.941. The van der Waals surface area contributed by atoms with Crippen molar-refractivity contribution in [1.82, 2.24) is 14.7 Å². The number of benzene rings is 1. The molecule has 0 bridgehead atoms. The van der Waals surface area contributed by atoms with E-state index in [9.17, 15) is 14.4 Å². The van der Waals surface area contributed by atoms with Gasteiger partial charge >= 0.3 is 5.97 Å². The number of esters is 1. The molecule has 7 nitrogen and oxygen atoms in total. The van der Waals surface area contributed by atoms with Crippen LogP contribution in [0.25, 0.3) is 0 Å². The highest BCUT2D eigenvalue weighted by atomic mass is 16.5. The highest BCUT2D eigenvalue weighted by Gasteiger charge is 2.38. The molecule has 1 aromatic carbocycles. The van der Waals surface area contributed by atoms with Crippen LogP contribution in [0.2, 0.25) is 0 Å². The number of hydrogen-bond acceptors (Lipinski definition) is 5. The molecule has 1 fully saturated rings. The molecule has 0 radical (unpaired) electrons. The number of hydrogen-bond donors (Lipinski definition) is 0. The molecule has 140 valence electrons. The summed E-state index contributed by atoms with van der Waals surface area (Å²) in [6, 6.07) is 7.46. The number of rotatable bonds is 4. The zero-order valence-electron chi connectivity index (χ0n) is 15.5. The van der Waals surface area contributed by atoms with Crippen molar-refractivity contribution in [3.8, 4) is 0 Å². The second kappa shape index (κ2) is 7.07. The van der Waals surface area contributed by atoms with Gasteiger partial charge in [0.2, 0.25) is 5.91 Å². The van der Waals surface area contributed by atoms with Gasteiger partial charge in [-0.05, 0) is 25.5 Å². The molecule has 2 heterocycles. The Labute approximate surface area is 153 Å². The van der Waals surface area contributed by atoms with Crippen molar-refractivity contribution in [2.45, 2.75) is 25.9 Å². The van der Waals surface area contributed by atoms with Crippen molar-refractivity contribution in [3.05, 3.63) is 35.4 Å². The first kappa shape index (κ1) is 18.4. The zero-order chi connectivity index (χ0) is 18.9. The summed E-state index contributed by atoms with van der Waals surface area (Å²) in [5.74, 6) is -0.418. The number of carbonyl (C=O) groups is 3. The molecule has 0 spiro atoms. The molecule has 0 aliphatic carbocycles. The fraction of sp³-hybridized carbons (Fsp3) is 0.526. The van der Waals surface area contributed by atoms with Gasteiger partial charge in [-0.2, -0.15) is 0 Å². The summed E-state index contributed by atoms with van der Waals surface area (Å²) in [4.78, 5) is 42.3. The molecule has 1 saturated heterocycles. The molecule has 2 aliphatic rings. The lowest BCUT2D eigenvalue weighted by Crippen LogP contribution is -2.59. The first-order valence-electron chi connectivity index (χ1n) is 8.83. The highest BCUT2D eigenvalue weighted by Crippen LogP contribution is 2.23. The van der Waals surface area contributed by atoms with E-state index >= 15 is 0 Å². The fourth-order valence-electron chi connectivity index (χ4n) is 3.60. The average Bonchev–Trinajstić information content (AvgIpc) is 2.97. The van der Waals surface area contributed by atoms with Gasteiger partial charge in [0.15, 0.2) is 0 Å². The molecular formula is C19H25N3O4. The van der Waals surface area contributed by atoms with E-state index in [1.54, 1.807) is 15.9 Å². The number of amides is 2. The van der Waals surface area contributed by atoms with Gasteiger partial charge in [0.25, 0.3) is 5.91 Å². The van der Waals surface area contributed by atoms with Gasteiger partial charge < -0.3 is 14.5 Å². The van der Waals surface area contributed by atoms with E-state index in [-0.39, 0.29) is 24.3 Å². The summed E-state index contributed by atoms with van der Waals surface area (Å²) in [5, 5.41) is 0. The van der Waals surface area contributed by atoms with Crippen LogP contribution in [0.1, 0.15) is 29.8 Å². The monoisotopic (exact) mass is 359 g/mol. The summed E-state index contributed by atoms with van der Waals surface area (Å²) < 4.78 is 4.87. The minimum absolute atomic E-state index is 0.0540. The van der Waals surface area contributed by atoms with Gasteiger partial charge in [-0.25, -0.2) is 0 Å². The lowest BCUT2D eigenvalue weighted by atomic mass is 10.0. The SMILES string of the molecule is COC(=O)C(C)(C)N1CCN(C(=O)CN2Cc3ccccc3C2=O)CC1. The Morgan fingerprint density at radius 3 is 2.38 bits per heavy atom. The molecule has 3 rings (SSSR count). The molecule has 26 heavy (non-hydrogen) atoms. The number of methoxy groups -OCH3 is 1. The lowest BCUT2D eigenvalue weighted by molar-refractivity contribution is -0.155. The first-order chi connectivity index (χ1) is 12.3. The second-order valence-electron chi connectivity index (χ2n) is 7.24. The molecule has 2 aliphatic heterocycles. The van der Waals surface area contributed by atoms with E-state index in [1.807, 2.05) is 36.9 Å². The summed E-state index contributed by atoms with van der Waals surface area (Å²) in [7, 11) is 1.38. The smallest absolute Gasteiger partial charge is 0.325 e. The third-order valence-electron chi connectivity index (χ3n) is 5.33. The third-order valence-corrected chi connectivity index (χ3v) is 5.33. The van der Waals surface area contributed by atoms with Crippen molar-refractivity contribution in [3.63, 3.8) is 0 Å². The van der Waals surface area contributed by atoms with Crippen LogP contribution in [0.5, 0.6) is 0 Å². The minimum atomic E-state index is -0.712. The van der Waals surface area contributed by atoms with Crippen LogP contribution in [-0.4, -0.2) is 77.9 Å². The van der Waals surface area contributed by atoms with Crippen molar-refractivity contribution in [2.75, 3.05) is 39.8 Å². The minimum Gasteiger partial charge on any atom is -0.468 e. The predicted molar refractivity (Wildman–Crippen MR) is 95.4 cm³/mol.